The van der Waals surface area contributed by atoms with Crippen LogP contribution >= 0.6 is 11.3 Å². The molecule has 2 aromatic carbocycles. The third-order valence-corrected chi connectivity index (χ3v) is 6.24. The van der Waals surface area contributed by atoms with Crippen LogP contribution in [0.1, 0.15) is 24.0 Å². The Labute approximate surface area is 190 Å². The van der Waals surface area contributed by atoms with Crippen molar-refractivity contribution in [2.45, 2.75) is 12.8 Å². The number of nitrogens with two attached hydrogens (primary N) is 1. The van der Waals surface area contributed by atoms with Crippen LogP contribution in [-0.2, 0) is 9.53 Å². The Kier molecular flexibility index (Phi) is 5.94. The molecule has 1 aliphatic rings. The second kappa shape index (κ2) is 8.84. The van der Waals surface area contributed by atoms with Crippen LogP contribution in [0.5, 0.6) is 0 Å². The Morgan fingerprint density at radius 2 is 1.79 bits per heavy atom. The number of rotatable bonds is 4. The number of ether oxygens (including phenoxy) is 1. The van der Waals surface area contributed by atoms with Gasteiger partial charge in [-0.3, -0.25) is 9.36 Å². The van der Waals surface area contributed by atoms with Crippen LogP contribution in [0, 0.1) is 23.0 Å². The van der Waals surface area contributed by atoms with Gasteiger partial charge >= 0.3 is 5.97 Å². The molecular formula is C24H17F2N3O3S. The van der Waals surface area contributed by atoms with Gasteiger partial charge in [0.25, 0.3) is 5.56 Å². The molecule has 0 saturated carbocycles. The summed E-state index contributed by atoms with van der Waals surface area (Å²) in [5.74, 6) is -2.66. The van der Waals surface area contributed by atoms with Crippen LogP contribution in [0.15, 0.2) is 58.9 Å². The normalized spacial score (nSPS) is 15.9. The molecule has 0 aliphatic carbocycles. The molecule has 1 aromatic heterocycles. The molecule has 0 spiro atoms. The summed E-state index contributed by atoms with van der Waals surface area (Å²) >= 11 is 1.01. The van der Waals surface area contributed by atoms with Crippen molar-refractivity contribution in [3.05, 3.63) is 96.4 Å². The Bertz CT molecular complexity index is 1490. The third kappa shape index (κ3) is 3.97. The van der Waals surface area contributed by atoms with E-state index in [9.17, 15) is 23.6 Å². The fraction of sp³-hybridized carbons (Fsp3) is 0.125. The molecule has 0 radical (unpaired) electrons. The van der Waals surface area contributed by atoms with Gasteiger partial charge in [0, 0.05) is 0 Å². The number of aromatic nitrogens is 1. The number of carbonyl (C=O) groups excluding carboxylic acids is 1. The van der Waals surface area contributed by atoms with Crippen molar-refractivity contribution in [3.8, 4) is 6.07 Å². The Morgan fingerprint density at radius 3 is 2.36 bits per heavy atom. The predicted octanol–water partition coefficient (Wildman–Crippen LogP) is 2.18. The number of hydrogen-bond donors (Lipinski definition) is 1. The monoisotopic (exact) mass is 465 g/mol. The van der Waals surface area contributed by atoms with E-state index in [1.807, 2.05) is 6.07 Å². The maximum Gasteiger partial charge on any atom is 0.338 e. The molecule has 33 heavy (non-hydrogen) atoms. The van der Waals surface area contributed by atoms with Gasteiger partial charge in [0.2, 0.25) is 0 Å². The topological polar surface area (TPSA) is 98.1 Å². The molecule has 166 valence electrons. The lowest BCUT2D eigenvalue weighted by atomic mass is 9.84. The maximum atomic E-state index is 13.5. The first kappa shape index (κ1) is 22.2. The maximum absolute atomic E-state index is 13.5. The number of allylic oxidation sites excluding steroid dienone is 1. The molecule has 0 fully saturated rings. The van der Waals surface area contributed by atoms with Gasteiger partial charge in [-0.1, -0.05) is 24.3 Å². The van der Waals surface area contributed by atoms with Crippen LogP contribution in [-0.4, -0.2) is 17.1 Å². The summed E-state index contributed by atoms with van der Waals surface area (Å²) in [6.07, 6.45) is 1.55. The Balaban J connectivity index is 2.08. The lowest BCUT2D eigenvalue weighted by Crippen LogP contribution is -2.40. The van der Waals surface area contributed by atoms with E-state index in [-0.39, 0.29) is 32.8 Å². The average molecular weight is 465 g/mol. The minimum atomic E-state index is -0.939. The van der Waals surface area contributed by atoms with Crippen molar-refractivity contribution in [2.24, 2.45) is 5.73 Å². The lowest BCUT2D eigenvalue weighted by Gasteiger charge is -2.24. The van der Waals surface area contributed by atoms with Gasteiger partial charge in [-0.25, -0.2) is 13.6 Å². The molecule has 2 heterocycles. The molecule has 0 unspecified atom stereocenters. The number of nitrogens with zero attached hydrogens (tertiary/aromatic N) is 2. The number of hydrogen-bond acceptors (Lipinski definition) is 6. The van der Waals surface area contributed by atoms with Crippen molar-refractivity contribution < 1.29 is 18.3 Å². The quantitative estimate of drug-likeness (QED) is 0.596. The van der Waals surface area contributed by atoms with Gasteiger partial charge in [0.1, 0.15) is 22.1 Å². The van der Waals surface area contributed by atoms with E-state index in [1.165, 1.54) is 48.5 Å². The average Bonchev–Trinajstić information content (AvgIpc) is 3.11. The number of benzene rings is 2. The number of thiazole rings is 1. The van der Waals surface area contributed by atoms with E-state index < -0.39 is 29.1 Å². The highest BCUT2D eigenvalue weighted by atomic mass is 32.1. The SMILES string of the molecule is CCOC(=O)C1=c2s/c(=C/c3ccc(F)cc3)c(=O)n2C(N)=C(C#N)[C@@H]1c1ccc(F)cc1. The van der Waals surface area contributed by atoms with E-state index >= 15 is 0 Å². The van der Waals surface area contributed by atoms with Crippen molar-refractivity contribution in [1.82, 2.24) is 4.57 Å². The summed E-state index contributed by atoms with van der Waals surface area (Å²) in [4.78, 5) is 26.2. The first-order valence-electron chi connectivity index (χ1n) is 9.91. The minimum Gasteiger partial charge on any atom is -0.463 e. The fourth-order valence-corrected chi connectivity index (χ4v) is 4.82. The zero-order valence-electron chi connectivity index (χ0n) is 17.3. The minimum absolute atomic E-state index is 0.0228. The Morgan fingerprint density at radius 1 is 1.18 bits per heavy atom. The van der Waals surface area contributed by atoms with Gasteiger partial charge in [-0.2, -0.15) is 5.26 Å². The van der Waals surface area contributed by atoms with E-state index in [1.54, 1.807) is 13.0 Å². The van der Waals surface area contributed by atoms with Gasteiger partial charge < -0.3 is 10.5 Å². The highest BCUT2D eigenvalue weighted by Crippen LogP contribution is 2.36. The van der Waals surface area contributed by atoms with Crippen molar-refractivity contribution in [2.75, 3.05) is 6.61 Å². The van der Waals surface area contributed by atoms with E-state index in [2.05, 4.69) is 0 Å². The molecule has 2 N–H and O–H groups in total. The summed E-state index contributed by atoms with van der Waals surface area (Å²) in [5, 5.41) is 9.88. The largest absolute Gasteiger partial charge is 0.463 e. The number of nitriles is 1. The summed E-state index contributed by atoms with van der Waals surface area (Å²) in [5.41, 5.74) is 6.79. The number of carbonyl (C=O) groups is 1. The molecule has 4 rings (SSSR count). The fourth-order valence-electron chi connectivity index (χ4n) is 3.65. The molecule has 1 aliphatic heterocycles. The van der Waals surface area contributed by atoms with Crippen molar-refractivity contribution in [1.29, 1.82) is 5.26 Å². The second-order valence-electron chi connectivity index (χ2n) is 7.14. The standard InChI is InChI=1S/C24H17F2N3O3S/c1-2-32-24(31)20-19(14-5-9-16(26)10-6-14)17(12-27)21(28)29-22(30)18(33-23(20)29)11-13-3-7-15(25)8-4-13/h3-11,19H,2,28H2,1H3/b18-11+/t19-/m0/s1. The van der Waals surface area contributed by atoms with Crippen LogP contribution in [0.4, 0.5) is 8.78 Å². The van der Waals surface area contributed by atoms with Gasteiger partial charge in [0.05, 0.1) is 34.3 Å². The highest BCUT2D eigenvalue weighted by molar-refractivity contribution is 7.07. The van der Waals surface area contributed by atoms with E-state index in [0.717, 1.165) is 15.9 Å². The molecule has 0 saturated heterocycles. The lowest BCUT2D eigenvalue weighted by molar-refractivity contribution is -0.136. The molecule has 6 nitrogen and oxygen atoms in total. The van der Waals surface area contributed by atoms with Crippen LogP contribution < -0.4 is 20.5 Å². The molecule has 0 bridgehead atoms. The molecule has 9 heteroatoms. The van der Waals surface area contributed by atoms with Gasteiger partial charge in [0.15, 0.2) is 0 Å². The third-order valence-electron chi connectivity index (χ3n) is 5.14. The zero-order chi connectivity index (χ0) is 23.7. The molecule has 0 amide bonds. The highest BCUT2D eigenvalue weighted by Gasteiger charge is 2.36. The van der Waals surface area contributed by atoms with Crippen molar-refractivity contribution in [3.63, 3.8) is 0 Å². The van der Waals surface area contributed by atoms with Gasteiger partial charge in [-0.05, 0) is 48.4 Å². The predicted molar refractivity (Wildman–Crippen MR) is 120 cm³/mol. The first-order valence-corrected chi connectivity index (χ1v) is 10.7. The van der Waals surface area contributed by atoms with Crippen LogP contribution in [0.3, 0.4) is 0 Å². The summed E-state index contributed by atoms with van der Waals surface area (Å²) < 4.78 is 33.6. The van der Waals surface area contributed by atoms with E-state index in [0.29, 0.717) is 11.1 Å². The van der Waals surface area contributed by atoms with E-state index in [4.69, 9.17) is 10.5 Å². The smallest absolute Gasteiger partial charge is 0.338 e. The molecular weight excluding hydrogens is 448 g/mol. The zero-order valence-corrected chi connectivity index (χ0v) is 18.2. The molecule has 1 atom stereocenters. The second-order valence-corrected chi connectivity index (χ2v) is 8.17. The Hall–Kier alpha value is -4.03. The first-order chi connectivity index (χ1) is 15.8. The number of fused-ring (bicyclic) bond motifs is 1. The summed E-state index contributed by atoms with van der Waals surface area (Å²) in [7, 11) is 0. The van der Waals surface area contributed by atoms with Gasteiger partial charge in [-0.15, -0.1) is 11.3 Å². The van der Waals surface area contributed by atoms with Crippen LogP contribution in [0.2, 0.25) is 0 Å². The number of halogens is 2. The summed E-state index contributed by atoms with van der Waals surface area (Å²) in [6, 6.07) is 12.9. The van der Waals surface area contributed by atoms with Crippen LogP contribution in [0.25, 0.3) is 17.5 Å². The molecule has 3 aromatic rings. The number of esters is 1. The summed E-state index contributed by atoms with van der Waals surface area (Å²) in [6.45, 7) is 1.71. The van der Waals surface area contributed by atoms with Crippen molar-refractivity contribution >= 4 is 34.8 Å².